The van der Waals surface area contributed by atoms with Crippen LogP contribution in [0.2, 0.25) is 0 Å². The number of hydrogen-bond donors (Lipinski definition) is 3. The highest BCUT2D eigenvalue weighted by Gasteiger charge is 2.24. The fourth-order valence-electron chi connectivity index (χ4n) is 5.63. The van der Waals surface area contributed by atoms with E-state index in [9.17, 15) is 9.59 Å². The average Bonchev–Trinajstić information content (AvgIpc) is 3.05. The molecule has 3 aromatic carbocycles. The third-order valence-corrected chi connectivity index (χ3v) is 7.89. The molecule has 2 amide bonds. The van der Waals surface area contributed by atoms with Crippen molar-refractivity contribution in [2.75, 3.05) is 19.6 Å². The minimum atomic E-state index is -0.634. The number of rotatable bonds is 17. The lowest BCUT2D eigenvalue weighted by atomic mass is 9.99. The summed E-state index contributed by atoms with van der Waals surface area (Å²) in [4.78, 5) is 33.8. The highest BCUT2D eigenvalue weighted by Crippen LogP contribution is 2.24. The summed E-state index contributed by atoms with van der Waals surface area (Å²) in [7, 11) is 0. The van der Waals surface area contributed by atoms with Gasteiger partial charge in [-0.15, -0.1) is 0 Å². The van der Waals surface area contributed by atoms with Crippen molar-refractivity contribution < 1.29 is 9.59 Å². The van der Waals surface area contributed by atoms with E-state index in [1.54, 1.807) is 6.20 Å². The first-order valence-electron chi connectivity index (χ1n) is 16.0. The minimum absolute atomic E-state index is 0.161. The Morgan fingerprint density at radius 1 is 0.795 bits per heavy atom. The van der Waals surface area contributed by atoms with Crippen LogP contribution in [0.5, 0.6) is 0 Å². The largest absolute Gasteiger partial charge is 0.348 e. The number of amides is 2. The molecule has 0 aliphatic carbocycles. The summed E-state index contributed by atoms with van der Waals surface area (Å²) < 4.78 is 0. The molecule has 1 aromatic heterocycles. The van der Waals surface area contributed by atoms with Crippen LogP contribution in [0, 0.1) is 0 Å². The third-order valence-electron chi connectivity index (χ3n) is 7.89. The Bertz CT molecular complexity index is 1450. The molecule has 4 aromatic rings. The fourth-order valence-corrected chi connectivity index (χ4v) is 5.63. The van der Waals surface area contributed by atoms with Gasteiger partial charge in [-0.2, -0.15) is 0 Å². The predicted octanol–water partition coefficient (Wildman–Crippen LogP) is 6.40. The summed E-state index contributed by atoms with van der Waals surface area (Å²) in [5.41, 5.74) is 3.65. The lowest BCUT2D eigenvalue weighted by molar-refractivity contribution is -0.123. The highest BCUT2D eigenvalue weighted by molar-refractivity contribution is 5.97. The lowest BCUT2D eigenvalue weighted by Gasteiger charge is -2.25. The summed E-state index contributed by atoms with van der Waals surface area (Å²) >= 11 is 0. The Labute approximate surface area is 262 Å². The second kappa shape index (κ2) is 17.3. The van der Waals surface area contributed by atoms with E-state index in [-0.39, 0.29) is 17.9 Å². The predicted molar refractivity (Wildman–Crippen MR) is 179 cm³/mol. The van der Waals surface area contributed by atoms with Crippen LogP contribution in [0.4, 0.5) is 0 Å². The van der Waals surface area contributed by atoms with Crippen molar-refractivity contribution in [3.8, 4) is 0 Å². The normalized spacial score (nSPS) is 12.6. The van der Waals surface area contributed by atoms with Gasteiger partial charge in [-0.05, 0) is 98.4 Å². The van der Waals surface area contributed by atoms with Crippen molar-refractivity contribution in [1.82, 2.24) is 25.8 Å². The molecule has 1 heterocycles. The van der Waals surface area contributed by atoms with Crippen molar-refractivity contribution in [2.24, 2.45) is 0 Å². The van der Waals surface area contributed by atoms with Crippen LogP contribution in [0.3, 0.4) is 0 Å². The molecule has 4 rings (SSSR count). The molecule has 7 nitrogen and oxygen atoms in total. The van der Waals surface area contributed by atoms with Crippen molar-refractivity contribution >= 4 is 22.6 Å². The maximum Gasteiger partial charge on any atom is 0.251 e. The number of carbonyl (C=O) groups excluding carboxylic acids is 2. The Balaban J connectivity index is 1.40. The SMILES string of the molecule is CCCN(CCC)CCC[C@H](NC(=O)c1ccc(CNCc2ccccn2)cc1)C(=O)NC(C)c1cccc2ccccc12. The Morgan fingerprint density at radius 2 is 1.52 bits per heavy atom. The summed E-state index contributed by atoms with van der Waals surface area (Å²) in [6, 6.07) is 26.9. The molecule has 0 saturated carbocycles. The molecule has 3 N–H and O–H groups in total. The van der Waals surface area contributed by atoms with E-state index in [4.69, 9.17) is 0 Å². The van der Waals surface area contributed by atoms with E-state index < -0.39 is 6.04 Å². The fraction of sp³-hybridized carbons (Fsp3) is 0.378. The van der Waals surface area contributed by atoms with Gasteiger partial charge >= 0.3 is 0 Å². The van der Waals surface area contributed by atoms with Gasteiger partial charge in [-0.1, -0.05) is 74.5 Å². The van der Waals surface area contributed by atoms with Crippen molar-refractivity contribution in [1.29, 1.82) is 0 Å². The standard InChI is InChI=1S/C37H47N5O2/c1-4-23-42(24-5-2)25-11-17-35(37(44)40-28(3)33-16-10-13-30-12-6-7-15-34(30)33)41-36(43)31-20-18-29(19-21-31)26-38-27-32-14-8-9-22-39-32/h6-10,12-16,18-22,28,35,38H,4-5,11,17,23-27H2,1-3H3,(H,40,44)(H,41,43)/t28?,35-/m0/s1. The molecule has 0 fully saturated rings. The molecular weight excluding hydrogens is 546 g/mol. The first-order valence-corrected chi connectivity index (χ1v) is 16.0. The van der Waals surface area contributed by atoms with E-state index in [0.717, 1.165) is 66.5 Å². The third kappa shape index (κ3) is 9.73. The second-order valence-electron chi connectivity index (χ2n) is 11.4. The molecule has 1 unspecified atom stereocenters. The Morgan fingerprint density at radius 3 is 2.25 bits per heavy atom. The zero-order valence-corrected chi connectivity index (χ0v) is 26.4. The number of fused-ring (bicyclic) bond motifs is 1. The van der Waals surface area contributed by atoms with Crippen LogP contribution >= 0.6 is 0 Å². The van der Waals surface area contributed by atoms with E-state index in [2.05, 4.69) is 63.9 Å². The minimum Gasteiger partial charge on any atom is -0.348 e. The van der Waals surface area contributed by atoms with Crippen LogP contribution in [0.15, 0.2) is 91.1 Å². The van der Waals surface area contributed by atoms with Crippen LogP contribution in [-0.4, -0.2) is 47.4 Å². The number of nitrogens with zero attached hydrogens (tertiary/aromatic N) is 2. The molecule has 0 radical (unpaired) electrons. The van der Waals surface area contributed by atoms with Crippen molar-refractivity contribution in [3.63, 3.8) is 0 Å². The van der Waals surface area contributed by atoms with Gasteiger partial charge in [0.05, 0.1) is 11.7 Å². The van der Waals surface area contributed by atoms with Crippen molar-refractivity contribution in [2.45, 2.75) is 71.6 Å². The second-order valence-corrected chi connectivity index (χ2v) is 11.4. The van der Waals surface area contributed by atoms with Gasteiger partial charge in [0.1, 0.15) is 6.04 Å². The maximum atomic E-state index is 13.7. The Kier molecular flexibility index (Phi) is 12.9. The zero-order valence-electron chi connectivity index (χ0n) is 26.4. The summed E-state index contributed by atoms with van der Waals surface area (Å²) in [5, 5.41) is 11.9. The zero-order chi connectivity index (χ0) is 31.1. The number of carbonyl (C=O) groups is 2. The van der Waals surface area contributed by atoms with Crippen LogP contribution in [0.25, 0.3) is 10.8 Å². The van der Waals surface area contributed by atoms with Crippen molar-refractivity contribution in [3.05, 3.63) is 114 Å². The lowest BCUT2D eigenvalue weighted by Crippen LogP contribution is -2.47. The average molecular weight is 594 g/mol. The quantitative estimate of drug-likeness (QED) is 0.132. The molecule has 7 heteroatoms. The summed E-state index contributed by atoms with van der Waals surface area (Å²) in [6.07, 6.45) is 5.37. The van der Waals surface area contributed by atoms with Gasteiger partial charge in [0, 0.05) is 24.8 Å². The molecule has 232 valence electrons. The number of nitrogens with one attached hydrogen (secondary N) is 3. The highest BCUT2D eigenvalue weighted by atomic mass is 16.2. The van der Waals surface area contributed by atoms with Crippen LogP contribution in [-0.2, 0) is 17.9 Å². The number of benzene rings is 3. The molecular formula is C37H47N5O2. The van der Waals surface area contributed by atoms with Crippen LogP contribution < -0.4 is 16.0 Å². The van der Waals surface area contributed by atoms with Crippen LogP contribution in [0.1, 0.15) is 79.7 Å². The first-order chi connectivity index (χ1) is 21.5. The molecule has 0 spiro atoms. The number of aromatic nitrogens is 1. The van der Waals surface area contributed by atoms with E-state index in [1.807, 2.05) is 67.6 Å². The smallest absolute Gasteiger partial charge is 0.251 e. The molecule has 44 heavy (non-hydrogen) atoms. The topological polar surface area (TPSA) is 86.4 Å². The van der Waals surface area contributed by atoms with Gasteiger partial charge in [0.15, 0.2) is 0 Å². The van der Waals surface area contributed by atoms with Gasteiger partial charge < -0.3 is 20.9 Å². The molecule has 0 aliphatic rings. The van der Waals surface area contributed by atoms with Gasteiger partial charge in [0.25, 0.3) is 5.91 Å². The number of pyridine rings is 1. The van der Waals surface area contributed by atoms with E-state index in [0.29, 0.717) is 25.1 Å². The monoisotopic (exact) mass is 593 g/mol. The van der Waals surface area contributed by atoms with Gasteiger partial charge in [0.2, 0.25) is 5.91 Å². The first kappa shape index (κ1) is 32.8. The maximum absolute atomic E-state index is 13.7. The molecule has 0 aliphatic heterocycles. The summed E-state index contributed by atoms with van der Waals surface area (Å²) in [5.74, 6) is -0.401. The molecule has 2 atom stereocenters. The van der Waals surface area contributed by atoms with E-state index >= 15 is 0 Å². The van der Waals surface area contributed by atoms with E-state index in [1.165, 1.54) is 0 Å². The molecule has 0 bridgehead atoms. The summed E-state index contributed by atoms with van der Waals surface area (Å²) in [6.45, 7) is 10.7. The molecule has 0 saturated heterocycles. The van der Waals surface area contributed by atoms with Gasteiger partial charge in [-0.25, -0.2) is 0 Å². The number of hydrogen-bond acceptors (Lipinski definition) is 5. The van der Waals surface area contributed by atoms with Gasteiger partial charge in [-0.3, -0.25) is 14.6 Å². The Hall–Kier alpha value is -4.07.